The largest absolute Gasteiger partial charge is 0.454 e. The molecule has 10 nitrogen and oxygen atoms in total. The second-order valence-electron chi connectivity index (χ2n) is 7.10. The highest BCUT2D eigenvalue weighted by Gasteiger charge is 2.18. The standard InChI is InChI=1S/C22H17N5O5/c28-19(25-15-3-4-17-18(10-15)32-13-31-17)12-26-16-2-1-7-24-20(16)21(29)27(22(26)30)11-14-5-8-23-9-6-14/h1-10H,11-13H2,(H,25,28). The molecule has 0 saturated carbocycles. The van der Waals surface area contributed by atoms with Gasteiger partial charge < -0.3 is 14.8 Å². The van der Waals surface area contributed by atoms with Gasteiger partial charge in [-0.1, -0.05) is 0 Å². The van der Waals surface area contributed by atoms with E-state index in [1.165, 1.54) is 10.8 Å². The van der Waals surface area contributed by atoms with Crippen LogP contribution in [0.5, 0.6) is 11.5 Å². The average Bonchev–Trinajstić information content (AvgIpc) is 3.28. The minimum Gasteiger partial charge on any atom is -0.454 e. The minimum absolute atomic E-state index is 0.0382. The van der Waals surface area contributed by atoms with Crippen molar-refractivity contribution in [2.75, 3.05) is 12.1 Å². The fourth-order valence-corrected chi connectivity index (χ4v) is 3.52. The molecule has 0 aliphatic carbocycles. The summed E-state index contributed by atoms with van der Waals surface area (Å²) in [6.45, 7) is -0.136. The molecule has 0 spiro atoms. The number of ether oxygens (including phenoxy) is 2. The molecule has 0 saturated heterocycles. The normalized spacial score (nSPS) is 12.1. The Balaban J connectivity index is 1.50. The fourth-order valence-electron chi connectivity index (χ4n) is 3.52. The molecular formula is C22H17N5O5. The van der Waals surface area contributed by atoms with Crippen molar-refractivity contribution in [3.63, 3.8) is 0 Å². The second-order valence-corrected chi connectivity index (χ2v) is 7.10. The first-order valence-corrected chi connectivity index (χ1v) is 9.77. The van der Waals surface area contributed by atoms with Crippen LogP contribution in [-0.2, 0) is 17.9 Å². The number of pyridine rings is 2. The lowest BCUT2D eigenvalue weighted by molar-refractivity contribution is -0.116. The van der Waals surface area contributed by atoms with E-state index in [-0.39, 0.29) is 30.9 Å². The van der Waals surface area contributed by atoms with Gasteiger partial charge in [-0.3, -0.25) is 23.7 Å². The predicted octanol–water partition coefficient (Wildman–Crippen LogP) is 1.37. The molecule has 3 aromatic heterocycles. The zero-order valence-electron chi connectivity index (χ0n) is 16.7. The highest BCUT2D eigenvalue weighted by molar-refractivity contribution is 5.91. The van der Waals surface area contributed by atoms with Crippen molar-refractivity contribution < 1.29 is 14.3 Å². The van der Waals surface area contributed by atoms with Gasteiger partial charge in [0.05, 0.1) is 12.1 Å². The summed E-state index contributed by atoms with van der Waals surface area (Å²) in [6.07, 6.45) is 4.63. The molecule has 1 aliphatic heterocycles. The van der Waals surface area contributed by atoms with Gasteiger partial charge >= 0.3 is 5.69 Å². The molecule has 0 fully saturated rings. The highest BCUT2D eigenvalue weighted by Crippen LogP contribution is 2.34. The Labute approximate surface area is 180 Å². The van der Waals surface area contributed by atoms with E-state index >= 15 is 0 Å². The van der Waals surface area contributed by atoms with Gasteiger partial charge in [0.1, 0.15) is 6.54 Å². The van der Waals surface area contributed by atoms with Gasteiger partial charge in [0, 0.05) is 30.3 Å². The van der Waals surface area contributed by atoms with Crippen LogP contribution in [0.2, 0.25) is 0 Å². The number of carbonyl (C=O) groups is 1. The van der Waals surface area contributed by atoms with Crippen LogP contribution in [0.4, 0.5) is 5.69 Å². The zero-order chi connectivity index (χ0) is 22.1. The Morgan fingerprint density at radius 2 is 1.81 bits per heavy atom. The van der Waals surface area contributed by atoms with Crippen LogP contribution >= 0.6 is 0 Å². The molecule has 160 valence electrons. The number of nitrogens with zero attached hydrogens (tertiary/aromatic N) is 4. The number of fused-ring (bicyclic) bond motifs is 2. The summed E-state index contributed by atoms with van der Waals surface area (Å²) in [6, 6.07) is 11.6. The summed E-state index contributed by atoms with van der Waals surface area (Å²) in [4.78, 5) is 47.0. The first-order valence-electron chi connectivity index (χ1n) is 9.77. The maximum atomic E-state index is 13.2. The molecule has 4 heterocycles. The van der Waals surface area contributed by atoms with Gasteiger partial charge in [0.25, 0.3) is 5.56 Å². The van der Waals surface area contributed by atoms with Crippen LogP contribution in [0.15, 0.2) is 70.6 Å². The van der Waals surface area contributed by atoms with Crippen molar-refractivity contribution in [3.8, 4) is 11.5 Å². The van der Waals surface area contributed by atoms with Crippen molar-refractivity contribution in [2.45, 2.75) is 13.1 Å². The number of hydrogen-bond acceptors (Lipinski definition) is 7. The van der Waals surface area contributed by atoms with Crippen molar-refractivity contribution in [2.24, 2.45) is 0 Å². The van der Waals surface area contributed by atoms with Crippen LogP contribution in [-0.4, -0.2) is 31.8 Å². The van der Waals surface area contributed by atoms with Gasteiger partial charge in [-0.15, -0.1) is 0 Å². The van der Waals surface area contributed by atoms with Crippen molar-refractivity contribution in [1.29, 1.82) is 0 Å². The Morgan fingerprint density at radius 1 is 1.00 bits per heavy atom. The molecule has 0 radical (unpaired) electrons. The summed E-state index contributed by atoms with van der Waals surface area (Å²) < 4.78 is 12.9. The Hall–Kier alpha value is -4.47. The van der Waals surface area contributed by atoms with Gasteiger partial charge in [-0.05, 0) is 42.0 Å². The maximum Gasteiger partial charge on any atom is 0.332 e. The van der Waals surface area contributed by atoms with E-state index in [0.717, 1.165) is 10.1 Å². The quantitative estimate of drug-likeness (QED) is 0.507. The van der Waals surface area contributed by atoms with Crippen LogP contribution in [0.25, 0.3) is 11.0 Å². The predicted molar refractivity (Wildman–Crippen MR) is 115 cm³/mol. The molecule has 32 heavy (non-hydrogen) atoms. The first-order chi connectivity index (χ1) is 15.6. The van der Waals surface area contributed by atoms with Crippen molar-refractivity contribution in [3.05, 3.63) is 87.5 Å². The van der Waals surface area contributed by atoms with Crippen LogP contribution in [0.1, 0.15) is 5.56 Å². The molecule has 1 amide bonds. The highest BCUT2D eigenvalue weighted by atomic mass is 16.7. The lowest BCUT2D eigenvalue weighted by Crippen LogP contribution is -2.42. The number of nitrogens with one attached hydrogen (secondary N) is 1. The molecule has 1 aliphatic rings. The summed E-state index contributed by atoms with van der Waals surface area (Å²) >= 11 is 0. The molecule has 0 bridgehead atoms. The lowest BCUT2D eigenvalue weighted by atomic mass is 10.2. The van der Waals surface area contributed by atoms with Crippen LogP contribution in [0.3, 0.4) is 0 Å². The lowest BCUT2D eigenvalue weighted by Gasteiger charge is -2.14. The van der Waals surface area contributed by atoms with E-state index in [2.05, 4.69) is 15.3 Å². The maximum absolute atomic E-state index is 13.2. The number of benzene rings is 1. The summed E-state index contributed by atoms with van der Waals surface area (Å²) in [5, 5.41) is 2.75. The average molecular weight is 431 g/mol. The number of carbonyl (C=O) groups excluding carboxylic acids is 1. The molecular weight excluding hydrogens is 414 g/mol. The van der Waals surface area contributed by atoms with Gasteiger partial charge in [0.2, 0.25) is 12.7 Å². The Bertz CT molecular complexity index is 1450. The van der Waals surface area contributed by atoms with Gasteiger partial charge in [-0.25, -0.2) is 9.78 Å². The topological polar surface area (TPSA) is 117 Å². The third-order valence-electron chi connectivity index (χ3n) is 5.03. The van der Waals surface area contributed by atoms with E-state index in [0.29, 0.717) is 17.2 Å². The molecule has 0 atom stereocenters. The molecule has 1 aromatic carbocycles. The Kier molecular flexibility index (Phi) is 4.86. The number of hydrogen-bond donors (Lipinski definition) is 1. The molecule has 5 rings (SSSR count). The van der Waals surface area contributed by atoms with Crippen LogP contribution in [0, 0.1) is 0 Å². The molecule has 1 N–H and O–H groups in total. The Morgan fingerprint density at radius 3 is 2.66 bits per heavy atom. The second kappa shape index (κ2) is 7.99. The van der Waals surface area contributed by atoms with Crippen molar-refractivity contribution in [1.82, 2.24) is 19.1 Å². The summed E-state index contributed by atoms with van der Waals surface area (Å²) in [5.41, 5.74) is 0.500. The molecule has 4 aromatic rings. The number of anilines is 1. The van der Waals surface area contributed by atoms with Crippen LogP contribution < -0.4 is 26.0 Å². The summed E-state index contributed by atoms with van der Waals surface area (Å²) in [5.74, 6) is 0.685. The van der Waals surface area contributed by atoms with Gasteiger partial charge in [0.15, 0.2) is 17.0 Å². The summed E-state index contributed by atoms with van der Waals surface area (Å²) in [7, 11) is 0. The first kappa shape index (κ1) is 19.5. The van der Waals surface area contributed by atoms with Gasteiger partial charge in [-0.2, -0.15) is 0 Å². The number of aromatic nitrogens is 4. The van der Waals surface area contributed by atoms with E-state index in [9.17, 15) is 14.4 Å². The number of amides is 1. The molecule has 10 heteroatoms. The molecule has 0 unspecified atom stereocenters. The number of rotatable bonds is 5. The van der Waals surface area contributed by atoms with Crippen molar-refractivity contribution >= 4 is 22.6 Å². The van der Waals surface area contributed by atoms with E-state index in [1.54, 1.807) is 54.9 Å². The third kappa shape index (κ3) is 3.58. The zero-order valence-corrected chi connectivity index (χ0v) is 16.7. The van der Waals surface area contributed by atoms with E-state index in [4.69, 9.17) is 9.47 Å². The SMILES string of the molecule is O=C(Cn1c(=O)n(Cc2ccncc2)c(=O)c2ncccc21)Nc1ccc2c(c1)OCO2. The monoisotopic (exact) mass is 431 g/mol. The minimum atomic E-state index is -0.604. The fraction of sp³-hybridized carbons (Fsp3) is 0.136. The smallest absolute Gasteiger partial charge is 0.332 e. The van der Waals surface area contributed by atoms with E-state index in [1.807, 2.05) is 0 Å². The third-order valence-corrected chi connectivity index (χ3v) is 5.03. The van der Waals surface area contributed by atoms with E-state index < -0.39 is 17.2 Å².